The fourth-order valence-corrected chi connectivity index (χ4v) is 6.49. The molecule has 0 atom stereocenters. The number of amides is 1. The van der Waals surface area contributed by atoms with Gasteiger partial charge in [0.15, 0.2) is 5.78 Å². The SMILES string of the molecule is CCOc1ccc(S(=O)(=O)N(CC(=O)Nc2ccc(Cl)cc2C(=O)c2ccccc2)C2CCCCC2)cc1. The summed E-state index contributed by atoms with van der Waals surface area (Å²) in [6.45, 7) is 1.95. The molecule has 4 rings (SSSR count). The van der Waals surface area contributed by atoms with Crippen LogP contribution in [0, 0.1) is 0 Å². The van der Waals surface area contributed by atoms with E-state index in [0.29, 0.717) is 35.8 Å². The Balaban J connectivity index is 1.60. The molecule has 1 aliphatic rings. The largest absolute Gasteiger partial charge is 0.494 e. The molecule has 1 amide bonds. The monoisotopic (exact) mass is 554 g/mol. The predicted octanol–water partition coefficient (Wildman–Crippen LogP) is 5.93. The van der Waals surface area contributed by atoms with E-state index in [1.54, 1.807) is 48.5 Å². The average molecular weight is 555 g/mol. The van der Waals surface area contributed by atoms with Gasteiger partial charge in [0.05, 0.1) is 23.7 Å². The zero-order valence-corrected chi connectivity index (χ0v) is 22.8. The molecular formula is C29H31ClN2O5S. The molecule has 0 radical (unpaired) electrons. The van der Waals surface area contributed by atoms with Gasteiger partial charge in [-0.2, -0.15) is 4.31 Å². The van der Waals surface area contributed by atoms with E-state index in [1.165, 1.54) is 22.5 Å². The van der Waals surface area contributed by atoms with Crippen LogP contribution in [0.4, 0.5) is 5.69 Å². The summed E-state index contributed by atoms with van der Waals surface area (Å²) < 4.78 is 34.2. The second kappa shape index (κ2) is 12.6. The Hall–Kier alpha value is -3.20. The molecule has 3 aromatic rings. The molecule has 0 aliphatic heterocycles. The summed E-state index contributed by atoms with van der Waals surface area (Å²) in [7, 11) is -3.97. The van der Waals surface area contributed by atoms with Gasteiger partial charge in [-0.05, 0) is 62.2 Å². The Morgan fingerprint density at radius 2 is 1.66 bits per heavy atom. The number of ketones is 1. The molecule has 1 fully saturated rings. The highest BCUT2D eigenvalue weighted by Gasteiger charge is 2.34. The van der Waals surface area contributed by atoms with Crippen molar-refractivity contribution in [1.29, 1.82) is 0 Å². The molecule has 1 N–H and O–H groups in total. The van der Waals surface area contributed by atoms with Crippen LogP contribution in [0.5, 0.6) is 5.75 Å². The van der Waals surface area contributed by atoms with Crippen molar-refractivity contribution in [2.75, 3.05) is 18.5 Å². The lowest BCUT2D eigenvalue weighted by Crippen LogP contribution is -2.45. The Labute approximate surface area is 228 Å². The summed E-state index contributed by atoms with van der Waals surface area (Å²) in [4.78, 5) is 26.6. The number of carbonyl (C=O) groups is 2. The zero-order valence-electron chi connectivity index (χ0n) is 21.2. The van der Waals surface area contributed by atoms with Crippen molar-refractivity contribution in [1.82, 2.24) is 4.31 Å². The number of benzene rings is 3. The topological polar surface area (TPSA) is 92.8 Å². The first kappa shape index (κ1) is 27.8. The van der Waals surface area contributed by atoms with Crippen LogP contribution in [-0.4, -0.2) is 43.6 Å². The van der Waals surface area contributed by atoms with Gasteiger partial charge in [-0.15, -0.1) is 0 Å². The molecule has 38 heavy (non-hydrogen) atoms. The van der Waals surface area contributed by atoms with Crippen molar-refractivity contribution in [3.05, 3.63) is 88.9 Å². The van der Waals surface area contributed by atoms with Gasteiger partial charge in [-0.1, -0.05) is 61.2 Å². The van der Waals surface area contributed by atoms with Crippen LogP contribution in [-0.2, 0) is 14.8 Å². The minimum atomic E-state index is -3.97. The normalized spacial score (nSPS) is 14.3. The van der Waals surface area contributed by atoms with Gasteiger partial charge in [0.25, 0.3) is 0 Å². The number of halogens is 1. The molecule has 1 aliphatic carbocycles. The minimum absolute atomic E-state index is 0.103. The van der Waals surface area contributed by atoms with Gasteiger partial charge in [0, 0.05) is 22.2 Å². The summed E-state index contributed by atoms with van der Waals surface area (Å²) in [5, 5.41) is 3.11. The van der Waals surface area contributed by atoms with E-state index in [4.69, 9.17) is 16.3 Å². The molecular weight excluding hydrogens is 524 g/mol. The average Bonchev–Trinajstić information content (AvgIpc) is 2.93. The summed E-state index contributed by atoms with van der Waals surface area (Å²) >= 11 is 6.17. The maximum Gasteiger partial charge on any atom is 0.243 e. The minimum Gasteiger partial charge on any atom is -0.494 e. The van der Waals surface area contributed by atoms with Crippen molar-refractivity contribution in [2.24, 2.45) is 0 Å². The van der Waals surface area contributed by atoms with E-state index in [9.17, 15) is 18.0 Å². The number of nitrogens with zero attached hydrogens (tertiary/aromatic N) is 1. The molecule has 1 saturated carbocycles. The first-order valence-electron chi connectivity index (χ1n) is 12.7. The van der Waals surface area contributed by atoms with Crippen LogP contribution in [0.3, 0.4) is 0 Å². The van der Waals surface area contributed by atoms with E-state index in [0.717, 1.165) is 19.3 Å². The second-order valence-electron chi connectivity index (χ2n) is 9.18. The molecule has 0 bridgehead atoms. The molecule has 200 valence electrons. The van der Waals surface area contributed by atoms with E-state index < -0.39 is 15.9 Å². The Morgan fingerprint density at radius 1 is 0.974 bits per heavy atom. The Kier molecular flexibility index (Phi) is 9.20. The van der Waals surface area contributed by atoms with Crippen LogP contribution in [0.25, 0.3) is 0 Å². The van der Waals surface area contributed by atoms with Crippen LogP contribution < -0.4 is 10.1 Å². The molecule has 3 aromatic carbocycles. The number of anilines is 1. The fraction of sp³-hybridized carbons (Fsp3) is 0.310. The Morgan fingerprint density at radius 3 is 2.32 bits per heavy atom. The van der Waals surface area contributed by atoms with Gasteiger partial charge in [-0.3, -0.25) is 9.59 Å². The van der Waals surface area contributed by atoms with Crippen molar-refractivity contribution in [3.8, 4) is 5.75 Å². The van der Waals surface area contributed by atoms with Crippen LogP contribution in [0.2, 0.25) is 5.02 Å². The van der Waals surface area contributed by atoms with Gasteiger partial charge in [0.2, 0.25) is 15.9 Å². The number of nitrogens with one attached hydrogen (secondary N) is 1. The summed E-state index contributed by atoms with van der Waals surface area (Å²) in [5.74, 6) is -0.254. The smallest absolute Gasteiger partial charge is 0.243 e. The summed E-state index contributed by atoms with van der Waals surface area (Å²) in [6.07, 6.45) is 4.20. The molecule has 7 nitrogen and oxygen atoms in total. The van der Waals surface area contributed by atoms with Crippen molar-refractivity contribution in [2.45, 2.75) is 50.0 Å². The third-order valence-electron chi connectivity index (χ3n) is 6.56. The van der Waals surface area contributed by atoms with Crippen LogP contribution in [0.15, 0.2) is 77.7 Å². The number of carbonyl (C=O) groups excluding carboxylic acids is 2. The third kappa shape index (κ3) is 6.62. The number of hydrogen-bond acceptors (Lipinski definition) is 5. The molecule has 0 aromatic heterocycles. The van der Waals surface area contributed by atoms with Crippen molar-refractivity contribution >= 4 is 39.0 Å². The van der Waals surface area contributed by atoms with Crippen molar-refractivity contribution < 1.29 is 22.7 Å². The molecule has 0 saturated heterocycles. The number of ether oxygens (including phenoxy) is 1. The van der Waals surface area contributed by atoms with E-state index >= 15 is 0 Å². The number of rotatable bonds is 10. The quantitative estimate of drug-likeness (QED) is 0.313. The lowest BCUT2D eigenvalue weighted by atomic mass is 9.95. The summed E-state index contributed by atoms with van der Waals surface area (Å²) in [6, 6.07) is 19.3. The van der Waals surface area contributed by atoms with E-state index in [-0.39, 0.29) is 34.5 Å². The highest BCUT2D eigenvalue weighted by atomic mass is 35.5. The highest BCUT2D eigenvalue weighted by Crippen LogP contribution is 2.29. The molecule has 0 unspecified atom stereocenters. The lowest BCUT2D eigenvalue weighted by molar-refractivity contribution is -0.116. The third-order valence-corrected chi connectivity index (χ3v) is 8.71. The first-order chi connectivity index (χ1) is 18.3. The van der Waals surface area contributed by atoms with Crippen LogP contribution in [0.1, 0.15) is 54.9 Å². The molecule has 0 spiro atoms. The first-order valence-corrected chi connectivity index (χ1v) is 14.5. The standard InChI is InChI=1S/C29H31ClN2O5S/c1-2-37-24-14-16-25(17-15-24)38(35,36)32(23-11-7-4-8-12-23)20-28(33)31-27-18-13-22(30)19-26(27)29(34)21-9-5-3-6-10-21/h3,5-6,9-10,13-19,23H,2,4,7-8,11-12,20H2,1H3,(H,31,33). The van der Waals surface area contributed by atoms with Crippen LogP contribution >= 0.6 is 11.6 Å². The predicted molar refractivity (Wildman–Crippen MR) is 148 cm³/mol. The number of sulfonamides is 1. The van der Waals surface area contributed by atoms with E-state index in [1.807, 2.05) is 13.0 Å². The molecule has 0 heterocycles. The number of hydrogen-bond donors (Lipinski definition) is 1. The van der Waals surface area contributed by atoms with Gasteiger partial charge in [0.1, 0.15) is 5.75 Å². The van der Waals surface area contributed by atoms with Crippen molar-refractivity contribution in [3.63, 3.8) is 0 Å². The molecule has 9 heteroatoms. The van der Waals surface area contributed by atoms with Gasteiger partial charge < -0.3 is 10.1 Å². The zero-order chi connectivity index (χ0) is 27.1. The Bertz CT molecular complexity index is 1370. The second-order valence-corrected chi connectivity index (χ2v) is 11.5. The van der Waals surface area contributed by atoms with E-state index in [2.05, 4.69) is 5.32 Å². The van der Waals surface area contributed by atoms with Gasteiger partial charge >= 0.3 is 0 Å². The fourth-order valence-electron chi connectivity index (χ4n) is 4.68. The maximum atomic E-state index is 13.7. The lowest BCUT2D eigenvalue weighted by Gasteiger charge is -2.33. The van der Waals surface area contributed by atoms with Gasteiger partial charge in [-0.25, -0.2) is 8.42 Å². The maximum absolute atomic E-state index is 13.7. The summed E-state index contributed by atoms with van der Waals surface area (Å²) in [5.41, 5.74) is 0.957. The highest BCUT2D eigenvalue weighted by molar-refractivity contribution is 7.89.